The zero-order chi connectivity index (χ0) is 47.4. The minimum absolute atomic E-state index is 0.00181. The van der Waals surface area contributed by atoms with E-state index in [2.05, 4.69) is 34.2 Å². The van der Waals surface area contributed by atoms with Crippen molar-refractivity contribution in [3.63, 3.8) is 0 Å². The largest absolute Gasteiger partial charge is 0.461 e. The molecule has 2 aliphatic heterocycles. The molecule has 346 valence electrons. The quantitative estimate of drug-likeness (QED) is 0.104. The van der Waals surface area contributed by atoms with E-state index < -0.39 is 23.0 Å². The molecule has 2 fully saturated rings. The van der Waals surface area contributed by atoms with Gasteiger partial charge in [0.2, 0.25) is 0 Å². The molecule has 5 atom stereocenters. The second kappa shape index (κ2) is 19.8. The normalized spacial score (nSPS) is 22.9. The Labute approximate surface area is 397 Å². The number of aromatic nitrogens is 2. The Morgan fingerprint density at radius 3 is 1.68 bits per heavy atom. The minimum atomic E-state index is -1.03. The van der Waals surface area contributed by atoms with Crippen LogP contribution in [0.5, 0.6) is 0 Å². The third-order valence-corrected chi connectivity index (χ3v) is 15.0. The number of esters is 1. The molecular weight excluding hydrogens is 853 g/mol. The maximum absolute atomic E-state index is 13.1. The number of benzene rings is 4. The summed E-state index contributed by atoms with van der Waals surface area (Å²) >= 11 is 0. The van der Waals surface area contributed by atoms with E-state index in [-0.39, 0.29) is 67.5 Å². The number of fused-ring (bicyclic) bond motifs is 6. The van der Waals surface area contributed by atoms with Gasteiger partial charge >= 0.3 is 5.97 Å². The Bertz CT molecular complexity index is 2880. The van der Waals surface area contributed by atoms with Crippen LogP contribution in [-0.2, 0) is 73.6 Å². The van der Waals surface area contributed by atoms with Crippen LogP contribution in [0.1, 0.15) is 115 Å². The average molecular weight is 909 g/mol. The summed E-state index contributed by atoms with van der Waals surface area (Å²) in [5, 5.41) is 11.0. The first-order chi connectivity index (χ1) is 32.9. The minimum Gasteiger partial charge on any atom is -0.461 e. The standard InChI is InChI=1S/C29H29NO4.C29H27NO4/c2*1-19-21(8-5-13-30-19)15-27(32)22-9-10-25-23(14-22)18-34-28(33)26-16-24(31)11-12-29(25,26)17-20-6-3-2-4-7-20/h2-10,13-14,26,28,33H,11-12,15-18H2,1H3;2-10,13-14,26H,11-12,15-18H2,1H3/t26-,28?,29-;26-,29-/m11/s1. The van der Waals surface area contributed by atoms with E-state index in [1.807, 2.05) is 111 Å². The smallest absolute Gasteiger partial charge is 0.310 e. The Hall–Kier alpha value is -6.75. The molecule has 0 spiro atoms. The fourth-order valence-electron chi connectivity index (χ4n) is 11.3. The number of Topliss-reactive ketones (excluding diaryl/α,β-unsaturated/α-hetero) is 4. The van der Waals surface area contributed by atoms with Gasteiger partial charge in [-0.25, -0.2) is 0 Å². The van der Waals surface area contributed by atoms with Crippen LogP contribution in [-0.4, -0.2) is 50.5 Å². The zero-order valence-electron chi connectivity index (χ0n) is 38.6. The van der Waals surface area contributed by atoms with E-state index in [9.17, 15) is 29.1 Å². The SMILES string of the molecule is Cc1ncccc1CC(=O)c1ccc2c(c1)COC(=O)[C@H]1CC(=O)CC[C@@]21Cc1ccccc1.Cc1ncccc1CC(=O)c1ccc2c(c1)COC(O)[C@H]1CC(=O)CC[C@@]21Cc1ccccc1. The summed E-state index contributed by atoms with van der Waals surface area (Å²) in [4.78, 5) is 72.7. The number of ether oxygens (including phenoxy) is 2. The van der Waals surface area contributed by atoms with Crippen molar-refractivity contribution < 1.29 is 38.6 Å². The molecule has 1 N–H and O–H groups in total. The summed E-state index contributed by atoms with van der Waals surface area (Å²) < 4.78 is 11.5. The van der Waals surface area contributed by atoms with Crippen LogP contribution in [0, 0.1) is 25.7 Å². The number of hydrogen-bond acceptors (Lipinski definition) is 10. The van der Waals surface area contributed by atoms with Crippen LogP contribution < -0.4 is 0 Å². The molecule has 1 unspecified atom stereocenters. The molecule has 4 aliphatic rings. The fraction of sp³-hybridized carbons (Fsp3) is 0.328. The monoisotopic (exact) mass is 908 g/mol. The lowest BCUT2D eigenvalue weighted by Crippen LogP contribution is -2.47. The predicted molar refractivity (Wildman–Crippen MR) is 256 cm³/mol. The van der Waals surface area contributed by atoms with Crippen LogP contribution in [0.3, 0.4) is 0 Å². The number of hydrogen-bond donors (Lipinski definition) is 1. The van der Waals surface area contributed by atoms with Gasteiger partial charge in [-0.15, -0.1) is 0 Å². The lowest BCUT2D eigenvalue weighted by atomic mass is 9.58. The maximum Gasteiger partial charge on any atom is 0.310 e. The third-order valence-electron chi connectivity index (χ3n) is 15.0. The van der Waals surface area contributed by atoms with Crippen molar-refractivity contribution >= 4 is 29.1 Å². The van der Waals surface area contributed by atoms with Gasteiger partial charge in [0.25, 0.3) is 0 Å². The van der Waals surface area contributed by atoms with E-state index in [1.165, 1.54) is 0 Å². The summed E-state index contributed by atoms with van der Waals surface area (Å²) in [6.07, 6.45) is 7.00. The molecular formula is C58H56N2O8. The van der Waals surface area contributed by atoms with Crippen molar-refractivity contribution in [2.45, 2.75) is 108 Å². The molecule has 2 saturated carbocycles. The highest BCUT2D eigenvalue weighted by molar-refractivity contribution is 5.99. The molecule has 0 amide bonds. The zero-order valence-corrected chi connectivity index (χ0v) is 38.6. The lowest BCUT2D eigenvalue weighted by molar-refractivity contribution is -0.165. The van der Waals surface area contributed by atoms with Crippen molar-refractivity contribution in [2.24, 2.45) is 11.8 Å². The van der Waals surface area contributed by atoms with Crippen molar-refractivity contribution in [3.05, 3.63) is 201 Å². The molecule has 4 heterocycles. The molecule has 2 aromatic heterocycles. The first-order valence-corrected chi connectivity index (χ1v) is 23.6. The third kappa shape index (κ3) is 9.53. The topological polar surface area (TPSA) is 150 Å². The fourth-order valence-corrected chi connectivity index (χ4v) is 11.3. The summed E-state index contributed by atoms with van der Waals surface area (Å²) in [5.41, 5.74) is 9.94. The Morgan fingerprint density at radius 2 is 1.12 bits per heavy atom. The Morgan fingerprint density at radius 1 is 0.618 bits per heavy atom. The maximum atomic E-state index is 13.1. The Kier molecular flexibility index (Phi) is 13.5. The van der Waals surface area contributed by atoms with Gasteiger partial charge in [-0.05, 0) is 108 Å². The number of carbonyl (C=O) groups is 5. The Balaban J connectivity index is 0.000000170. The number of rotatable bonds is 10. The highest BCUT2D eigenvalue weighted by atomic mass is 16.6. The first-order valence-electron chi connectivity index (χ1n) is 23.6. The van der Waals surface area contributed by atoms with Crippen LogP contribution in [0.2, 0.25) is 0 Å². The number of cyclic esters (lactones) is 1. The molecule has 4 aromatic carbocycles. The van der Waals surface area contributed by atoms with E-state index in [4.69, 9.17) is 9.47 Å². The van der Waals surface area contributed by atoms with E-state index in [0.29, 0.717) is 56.1 Å². The van der Waals surface area contributed by atoms with Gasteiger partial charge in [0, 0.05) is 90.2 Å². The highest BCUT2D eigenvalue weighted by Crippen LogP contribution is 2.51. The van der Waals surface area contributed by atoms with Gasteiger partial charge in [0.15, 0.2) is 17.9 Å². The van der Waals surface area contributed by atoms with Crippen molar-refractivity contribution in [2.75, 3.05) is 0 Å². The number of aliphatic hydroxyl groups excluding tert-OH is 1. The summed E-state index contributed by atoms with van der Waals surface area (Å²) in [7, 11) is 0. The van der Waals surface area contributed by atoms with Crippen molar-refractivity contribution in [1.29, 1.82) is 0 Å². The second-order valence-corrected chi connectivity index (χ2v) is 19.0. The molecule has 10 nitrogen and oxygen atoms in total. The van der Waals surface area contributed by atoms with Gasteiger partial charge in [-0.2, -0.15) is 0 Å². The van der Waals surface area contributed by atoms with Crippen LogP contribution >= 0.6 is 0 Å². The van der Waals surface area contributed by atoms with Gasteiger partial charge in [0.05, 0.1) is 12.5 Å². The first kappa shape index (κ1) is 46.4. The van der Waals surface area contributed by atoms with Gasteiger partial charge in [0.1, 0.15) is 18.2 Å². The molecule has 0 saturated heterocycles. The molecule has 2 aliphatic carbocycles. The van der Waals surface area contributed by atoms with E-state index >= 15 is 0 Å². The number of carbonyl (C=O) groups excluding carboxylic acids is 5. The van der Waals surface area contributed by atoms with Gasteiger partial charge in [-0.1, -0.05) is 97.1 Å². The highest BCUT2D eigenvalue weighted by Gasteiger charge is 2.52. The van der Waals surface area contributed by atoms with Crippen LogP contribution in [0.4, 0.5) is 0 Å². The molecule has 10 rings (SSSR count). The lowest BCUT2D eigenvalue weighted by Gasteiger charge is -2.45. The molecule has 68 heavy (non-hydrogen) atoms. The van der Waals surface area contributed by atoms with E-state index in [1.54, 1.807) is 12.4 Å². The average Bonchev–Trinajstić information content (AvgIpc) is 3.54. The van der Waals surface area contributed by atoms with Gasteiger partial charge in [-0.3, -0.25) is 33.9 Å². The van der Waals surface area contributed by atoms with Crippen LogP contribution in [0.25, 0.3) is 0 Å². The molecule has 6 aromatic rings. The van der Waals surface area contributed by atoms with Gasteiger partial charge < -0.3 is 14.6 Å². The molecule has 10 heteroatoms. The number of aryl methyl sites for hydroxylation is 2. The summed E-state index contributed by atoms with van der Waals surface area (Å²) in [6, 6.07) is 39.4. The number of nitrogens with zero attached hydrogens (tertiary/aromatic N) is 2. The second-order valence-electron chi connectivity index (χ2n) is 19.0. The predicted octanol–water partition coefficient (Wildman–Crippen LogP) is 9.24. The van der Waals surface area contributed by atoms with Crippen molar-refractivity contribution in [1.82, 2.24) is 9.97 Å². The number of aliphatic hydroxyl groups is 1. The number of pyridine rings is 2. The van der Waals surface area contributed by atoms with Crippen LogP contribution in [0.15, 0.2) is 134 Å². The van der Waals surface area contributed by atoms with E-state index in [0.717, 1.165) is 55.9 Å². The number of ketones is 4. The van der Waals surface area contributed by atoms with Crippen molar-refractivity contribution in [3.8, 4) is 0 Å². The summed E-state index contributed by atoms with van der Waals surface area (Å²) in [5.74, 6) is -0.868. The molecule has 0 bridgehead atoms. The summed E-state index contributed by atoms with van der Waals surface area (Å²) in [6.45, 7) is 4.14. The molecule has 0 radical (unpaired) electrons.